The van der Waals surface area contributed by atoms with E-state index in [2.05, 4.69) is 65.6 Å². The number of halogens is 2. The highest BCUT2D eigenvalue weighted by molar-refractivity contribution is 9.28. The van der Waals surface area contributed by atoms with Crippen molar-refractivity contribution in [1.29, 1.82) is 0 Å². The van der Waals surface area contributed by atoms with Crippen molar-refractivity contribution >= 4 is 38.1 Å². The van der Waals surface area contributed by atoms with Crippen LogP contribution in [-0.2, 0) is 4.79 Å². The molecule has 0 bridgehead atoms. The van der Waals surface area contributed by atoms with Crippen LogP contribution in [0.2, 0.25) is 0 Å². The Bertz CT molecular complexity index is 473. The minimum atomic E-state index is 0.672. The van der Waals surface area contributed by atoms with Gasteiger partial charge in [0.1, 0.15) is 6.29 Å². The van der Waals surface area contributed by atoms with Crippen LogP contribution in [0, 0.1) is 11.8 Å². The fourth-order valence-corrected chi connectivity index (χ4v) is 5.67. The number of carbonyl (C=O) groups excluding carboxylic acids is 1. The molecule has 0 radical (unpaired) electrons. The van der Waals surface area contributed by atoms with Gasteiger partial charge in [0.15, 0.2) is 0 Å². The summed E-state index contributed by atoms with van der Waals surface area (Å²) in [5.41, 5.74) is 0. The Morgan fingerprint density at radius 2 is 0.763 bits per heavy atom. The van der Waals surface area contributed by atoms with E-state index < -0.39 is 0 Å². The van der Waals surface area contributed by atoms with Crippen LogP contribution in [0.25, 0.3) is 0 Å². The molecule has 0 fully saturated rings. The second kappa shape index (κ2) is 35.4. The standard InChI is InChI=1S/C18H34Br2.C17H34O/c1-3-5-7-9-10-12-14-17(15-16-18(19)20)13-11-8-6-4-2;1-3-5-7-9-10-12-14-17(15-16-18)13-11-8-6-4-2/h16-17H,3-15H2,1-2H3;16-17H,3-15H2,1-2H3. The Labute approximate surface area is 257 Å². The first-order valence-electron chi connectivity index (χ1n) is 17.0. The number of carbonyl (C=O) groups is 1. The van der Waals surface area contributed by atoms with Gasteiger partial charge in [0.2, 0.25) is 0 Å². The van der Waals surface area contributed by atoms with Crippen molar-refractivity contribution in [2.45, 2.75) is 195 Å². The average Bonchev–Trinajstić information content (AvgIpc) is 2.91. The zero-order valence-electron chi connectivity index (χ0n) is 26.4. The summed E-state index contributed by atoms with van der Waals surface area (Å²) in [6, 6.07) is 0. The normalized spacial score (nSPS) is 12.5. The zero-order valence-corrected chi connectivity index (χ0v) is 29.5. The highest BCUT2D eigenvalue weighted by atomic mass is 79.9. The van der Waals surface area contributed by atoms with E-state index in [4.69, 9.17) is 0 Å². The van der Waals surface area contributed by atoms with Crippen LogP contribution in [0.15, 0.2) is 9.47 Å². The van der Waals surface area contributed by atoms with Crippen molar-refractivity contribution in [2.24, 2.45) is 11.8 Å². The number of hydrogen-bond donors (Lipinski definition) is 0. The average molecular weight is 665 g/mol. The molecule has 0 aromatic heterocycles. The Kier molecular flexibility index (Phi) is 37.7. The van der Waals surface area contributed by atoms with Crippen molar-refractivity contribution in [3.63, 3.8) is 0 Å². The maximum Gasteiger partial charge on any atom is 0.120 e. The van der Waals surface area contributed by atoms with E-state index in [1.165, 1.54) is 161 Å². The first-order valence-corrected chi connectivity index (χ1v) is 18.6. The number of unbranched alkanes of at least 4 members (excludes halogenated alkanes) is 16. The van der Waals surface area contributed by atoms with E-state index in [1.807, 2.05) is 0 Å². The molecule has 0 rings (SSSR count). The van der Waals surface area contributed by atoms with Crippen LogP contribution in [0.1, 0.15) is 195 Å². The number of allylic oxidation sites excluding steroid dienone is 1. The third-order valence-corrected chi connectivity index (χ3v) is 8.55. The highest BCUT2D eigenvalue weighted by Crippen LogP contribution is 2.25. The number of rotatable bonds is 28. The van der Waals surface area contributed by atoms with Crippen molar-refractivity contribution in [3.05, 3.63) is 9.47 Å². The van der Waals surface area contributed by atoms with Crippen LogP contribution in [0.4, 0.5) is 0 Å². The lowest BCUT2D eigenvalue weighted by Crippen LogP contribution is -2.01. The summed E-state index contributed by atoms with van der Waals surface area (Å²) < 4.78 is 1.12. The van der Waals surface area contributed by atoms with Gasteiger partial charge < -0.3 is 4.79 Å². The van der Waals surface area contributed by atoms with Gasteiger partial charge in [0, 0.05) is 6.42 Å². The van der Waals surface area contributed by atoms with E-state index in [1.54, 1.807) is 0 Å². The van der Waals surface area contributed by atoms with Gasteiger partial charge in [0.05, 0.1) is 3.39 Å². The summed E-state index contributed by atoms with van der Waals surface area (Å²) in [5, 5.41) is 0. The Morgan fingerprint density at radius 3 is 1.08 bits per heavy atom. The van der Waals surface area contributed by atoms with Gasteiger partial charge in [-0.15, -0.1) is 0 Å². The quantitative estimate of drug-likeness (QED) is 0.0601. The largest absolute Gasteiger partial charge is 0.303 e. The second-order valence-corrected chi connectivity index (χ2v) is 14.4. The summed E-state index contributed by atoms with van der Waals surface area (Å²) in [6.45, 7) is 9.09. The predicted octanol–water partition coefficient (Wildman–Crippen LogP) is 14.3. The fraction of sp³-hybridized carbons (Fsp3) is 0.914. The molecule has 0 saturated heterocycles. The van der Waals surface area contributed by atoms with Crippen LogP contribution < -0.4 is 0 Å². The summed E-state index contributed by atoms with van der Waals surface area (Å²) in [5.74, 6) is 1.56. The summed E-state index contributed by atoms with van der Waals surface area (Å²) >= 11 is 6.97. The monoisotopic (exact) mass is 662 g/mol. The smallest absolute Gasteiger partial charge is 0.120 e. The molecule has 0 aromatic rings. The maximum absolute atomic E-state index is 10.7. The van der Waals surface area contributed by atoms with E-state index in [-0.39, 0.29) is 0 Å². The molecule has 0 heterocycles. The topological polar surface area (TPSA) is 17.1 Å². The Morgan fingerprint density at radius 1 is 0.474 bits per heavy atom. The van der Waals surface area contributed by atoms with E-state index in [0.29, 0.717) is 5.92 Å². The molecule has 0 aliphatic carbocycles. The number of hydrogen-bond acceptors (Lipinski definition) is 1. The molecule has 0 amide bonds. The lowest BCUT2D eigenvalue weighted by atomic mass is 9.91. The summed E-state index contributed by atoms with van der Waals surface area (Å²) in [7, 11) is 0. The third-order valence-electron chi connectivity index (χ3n) is 7.90. The van der Waals surface area contributed by atoms with Gasteiger partial charge in [-0.25, -0.2) is 0 Å². The third kappa shape index (κ3) is 34.4. The highest BCUT2D eigenvalue weighted by Gasteiger charge is 2.08. The molecule has 0 spiro atoms. The van der Waals surface area contributed by atoms with E-state index in [9.17, 15) is 4.79 Å². The molecule has 2 atom stereocenters. The molecule has 0 saturated carbocycles. The van der Waals surface area contributed by atoms with Gasteiger partial charge in [-0.2, -0.15) is 0 Å². The molecule has 1 nitrogen and oxygen atoms in total. The maximum atomic E-state index is 10.7. The molecule has 3 heteroatoms. The molecular weight excluding hydrogens is 596 g/mol. The summed E-state index contributed by atoms with van der Waals surface area (Å²) in [6.07, 6.45) is 38.4. The SMILES string of the molecule is CCCCCCCCC(CC=C(Br)Br)CCCCCC.CCCCCCCCC(CC=O)CCCCCC. The lowest BCUT2D eigenvalue weighted by molar-refractivity contribution is -0.108. The summed E-state index contributed by atoms with van der Waals surface area (Å²) in [4.78, 5) is 10.7. The first-order chi connectivity index (χ1) is 18.5. The molecule has 2 unspecified atom stereocenters. The van der Waals surface area contributed by atoms with Crippen molar-refractivity contribution in [1.82, 2.24) is 0 Å². The fourth-order valence-electron chi connectivity index (χ4n) is 5.30. The van der Waals surface area contributed by atoms with Crippen LogP contribution in [0.5, 0.6) is 0 Å². The van der Waals surface area contributed by atoms with Gasteiger partial charge in [-0.1, -0.05) is 188 Å². The zero-order chi connectivity index (χ0) is 28.5. The molecule has 228 valence electrons. The Hall–Kier alpha value is 0.370. The molecule has 0 N–H and O–H groups in total. The van der Waals surface area contributed by atoms with Crippen molar-refractivity contribution in [2.75, 3.05) is 0 Å². The Balaban J connectivity index is 0. The van der Waals surface area contributed by atoms with Crippen LogP contribution in [-0.4, -0.2) is 6.29 Å². The van der Waals surface area contributed by atoms with Gasteiger partial charge >= 0.3 is 0 Å². The molecule has 38 heavy (non-hydrogen) atoms. The second-order valence-electron chi connectivity index (χ2n) is 11.7. The predicted molar refractivity (Wildman–Crippen MR) is 182 cm³/mol. The molecule has 0 aromatic carbocycles. The van der Waals surface area contributed by atoms with Crippen LogP contribution >= 0.6 is 31.9 Å². The van der Waals surface area contributed by atoms with E-state index in [0.717, 1.165) is 22.0 Å². The lowest BCUT2D eigenvalue weighted by Gasteiger charge is -2.15. The minimum absolute atomic E-state index is 0.672. The molecule has 0 aliphatic rings. The molecular formula is C35H68Br2O. The van der Waals surface area contributed by atoms with Gasteiger partial charge in [0.25, 0.3) is 0 Å². The molecule has 0 aliphatic heterocycles. The van der Waals surface area contributed by atoms with E-state index >= 15 is 0 Å². The van der Waals surface area contributed by atoms with Gasteiger partial charge in [-0.05, 0) is 50.1 Å². The first kappa shape index (κ1) is 40.5. The number of aldehydes is 1. The van der Waals surface area contributed by atoms with Crippen molar-refractivity contribution < 1.29 is 4.79 Å². The van der Waals surface area contributed by atoms with Gasteiger partial charge in [-0.3, -0.25) is 0 Å². The minimum Gasteiger partial charge on any atom is -0.303 e. The van der Waals surface area contributed by atoms with Crippen molar-refractivity contribution in [3.8, 4) is 0 Å². The van der Waals surface area contributed by atoms with Crippen LogP contribution in [0.3, 0.4) is 0 Å².